The molecule has 0 saturated carbocycles. The third kappa shape index (κ3) is 0.674. The Morgan fingerprint density at radius 3 is 2.83 bits per heavy atom. The Balaban J connectivity index is 2.46. The fourth-order valence-electron chi connectivity index (χ4n) is 0.302. The normalized spacial score (nSPS) is 17.3. The fourth-order valence-corrected chi connectivity index (χ4v) is 0.302. The molecule has 0 saturated heterocycles. The van der Waals surface area contributed by atoms with Crippen LogP contribution in [0.5, 0.6) is 0 Å². The van der Waals surface area contributed by atoms with Crippen LogP contribution in [0, 0.1) is 0 Å². The molecule has 1 aliphatic heterocycles. The highest BCUT2D eigenvalue weighted by molar-refractivity contribution is 6.68. The molecule has 1 radical (unpaired) electrons. The van der Waals surface area contributed by atoms with Crippen molar-refractivity contribution in [3.63, 3.8) is 0 Å². The minimum atomic E-state index is 0.795. The van der Waals surface area contributed by atoms with E-state index in [0.29, 0.717) is 0 Å². The average Bonchev–Trinajstić information content (AvgIpc) is 1.72. The summed E-state index contributed by atoms with van der Waals surface area (Å²) < 4.78 is 0. The molecule has 0 aromatic carbocycles. The van der Waals surface area contributed by atoms with Crippen molar-refractivity contribution in [3.8, 4) is 0 Å². The molecule has 0 amide bonds. The minimum Gasteiger partial charge on any atom is -0.282 e. The van der Waals surface area contributed by atoms with Gasteiger partial charge in [0.1, 0.15) is 6.34 Å². The van der Waals surface area contributed by atoms with E-state index in [9.17, 15) is 0 Å². The van der Waals surface area contributed by atoms with Gasteiger partial charge in [-0.2, -0.15) is 0 Å². The second-order valence-electron chi connectivity index (χ2n) is 1.01. The van der Waals surface area contributed by atoms with Gasteiger partial charge in [0.15, 0.2) is 7.28 Å². The molecule has 29 valence electrons. The summed E-state index contributed by atoms with van der Waals surface area (Å²) in [6.45, 7) is 0. The van der Waals surface area contributed by atoms with Gasteiger partial charge in [0, 0.05) is 6.44 Å². The molecule has 0 spiro atoms. The lowest BCUT2D eigenvalue weighted by atomic mass is 9.81. The van der Waals surface area contributed by atoms with Gasteiger partial charge in [-0.25, -0.2) is 0 Å². The summed E-state index contributed by atoms with van der Waals surface area (Å²) in [6, 6.07) is 0. The Hall–Kier alpha value is -0.595. The number of nitrogens with zero attached hydrogens (tertiary/aromatic N) is 2. The molecule has 0 aliphatic carbocycles. The standard InChI is InChI=1S/C3H4BN2/c1-4-2-6-3-5-1/h1,3H,2H2. The molecular weight excluding hydrogens is 74.9 g/mol. The summed E-state index contributed by atoms with van der Waals surface area (Å²) in [4.78, 5) is 7.50. The van der Waals surface area contributed by atoms with Gasteiger partial charge in [-0.15, -0.1) is 0 Å². The van der Waals surface area contributed by atoms with Gasteiger partial charge < -0.3 is 0 Å². The summed E-state index contributed by atoms with van der Waals surface area (Å²) in [6.07, 6.45) is 4.09. The number of aliphatic imine (C=N–C) groups is 2. The minimum absolute atomic E-state index is 0.795. The van der Waals surface area contributed by atoms with E-state index in [2.05, 4.69) is 9.98 Å². The number of rotatable bonds is 0. The van der Waals surface area contributed by atoms with E-state index in [4.69, 9.17) is 0 Å². The monoisotopic (exact) mass is 79.0 g/mol. The summed E-state index contributed by atoms with van der Waals surface area (Å²) in [5.74, 6) is 0. The zero-order valence-corrected chi connectivity index (χ0v) is 3.33. The van der Waals surface area contributed by atoms with Crippen LogP contribution in [-0.4, -0.2) is 26.2 Å². The lowest BCUT2D eigenvalue weighted by Gasteiger charge is -1.86. The van der Waals surface area contributed by atoms with Crippen LogP contribution in [0.1, 0.15) is 0 Å². The zero-order chi connectivity index (χ0) is 4.24. The molecule has 3 heteroatoms. The van der Waals surface area contributed by atoms with Crippen molar-refractivity contribution in [1.29, 1.82) is 0 Å². The predicted octanol–water partition coefficient (Wildman–Crippen LogP) is -0.282. The van der Waals surface area contributed by atoms with Crippen molar-refractivity contribution in [2.24, 2.45) is 9.98 Å². The van der Waals surface area contributed by atoms with E-state index in [1.807, 2.05) is 7.28 Å². The molecule has 0 atom stereocenters. The summed E-state index contributed by atoms with van der Waals surface area (Å²) >= 11 is 0. The fraction of sp³-hybridized carbons (Fsp3) is 0.333. The van der Waals surface area contributed by atoms with Crippen LogP contribution in [0.3, 0.4) is 0 Å². The van der Waals surface area contributed by atoms with Gasteiger partial charge in [-0.05, 0) is 6.11 Å². The van der Waals surface area contributed by atoms with Crippen LogP contribution >= 0.6 is 0 Å². The molecular formula is C3H4BN2. The molecule has 0 N–H and O–H groups in total. The molecule has 1 heterocycles. The lowest BCUT2D eigenvalue weighted by Crippen LogP contribution is -2.01. The van der Waals surface area contributed by atoms with Crippen LogP contribution in [0.4, 0.5) is 0 Å². The van der Waals surface area contributed by atoms with E-state index >= 15 is 0 Å². The Kier molecular flexibility index (Phi) is 1.05. The van der Waals surface area contributed by atoms with E-state index < -0.39 is 0 Å². The third-order valence-corrected chi connectivity index (χ3v) is 0.551. The van der Waals surface area contributed by atoms with Gasteiger partial charge in [-0.1, -0.05) is 0 Å². The van der Waals surface area contributed by atoms with Crippen molar-refractivity contribution in [1.82, 2.24) is 0 Å². The quantitative estimate of drug-likeness (QED) is 0.356. The van der Waals surface area contributed by atoms with Gasteiger partial charge in [0.25, 0.3) is 0 Å². The van der Waals surface area contributed by atoms with E-state index in [1.54, 1.807) is 12.5 Å². The molecule has 6 heavy (non-hydrogen) atoms. The Bertz CT molecular complexity index is 74.8. The van der Waals surface area contributed by atoms with Crippen LogP contribution < -0.4 is 0 Å². The smallest absolute Gasteiger partial charge is 0.195 e. The van der Waals surface area contributed by atoms with Crippen molar-refractivity contribution >= 4 is 19.7 Å². The topological polar surface area (TPSA) is 24.7 Å². The summed E-state index contributed by atoms with van der Waals surface area (Å²) in [5.41, 5.74) is 0. The average molecular weight is 78.9 g/mol. The van der Waals surface area contributed by atoms with E-state index in [1.165, 1.54) is 0 Å². The molecule has 0 aromatic rings. The van der Waals surface area contributed by atoms with Crippen LogP contribution in [0.15, 0.2) is 9.98 Å². The Labute approximate surface area is 37.2 Å². The summed E-state index contributed by atoms with van der Waals surface area (Å²) in [5, 5.41) is 0. The van der Waals surface area contributed by atoms with Crippen LogP contribution in [-0.2, 0) is 0 Å². The van der Waals surface area contributed by atoms with Gasteiger partial charge in [-0.3, -0.25) is 9.98 Å². The second-order valence-corrected chi connectivity index (χ2v) is 1.01. The van der Waals surface area contributed by atoms with Gasteiger partial charge in [0.05, 0.1) is 0 Å². The number of hydrogen-bond acceptors (Lipinski definition) is 2. The maximum absolute atomic E-state index is 3.80. The van der Waals surface area contributed by atoms with Crippen LogP contribution in [0.2, 0.25) is 0 Å². The molecule has 1 rings (SSSR count). The molecule has 0 fully saturated rings. The molecule has 2 nitrogen and oxygen atoms in total. The maximum atomic E-state index is 3.80. The van der Waals surface area contributed by atoms with E-state index in [0.717, 1.165) is 6.44 Å². The highest BCUT2D eigenvalue weighted by Crippen LogP contribution is 1.70. The van der Waals surface area contributed by atoms with Crippen LogP contribution in [0.25, 0.3) is 0 Å². The highest BCUT2D eigenvalue weighted by atomic mass is 14.8. The molecule has 0 aromatic heterocycles. The van der Waals surface area contributed by atoms with Crippen molar-refractivity contribution in [3.05, 3.63) is 0 Å². The van der Waals surface area contributed by atoms with E-state index in [-0.39, 0.29) is 0 Å². The first-order valence-electron chi connectivity index (χ1n) is 1.83. The zero-order valence-electron chi connectivity index (χ0n) is 3.33. The van der Waals surface area contributed by atoms with Gasteiger partial charge >= 0.3 is 0 Å². The SMILES string of the molecule is [B]1C=NC=NC1. The number of hydrogen-bond donors (Lipinski definition) is 0. The van der Waals surface area contributed by atoms with Gasteiger partial charge in [0.2, 0.25) is 0 Å². The summed E-state index contributed by atoms with van der Waals surface area (Å²) in [7, 11) is 1.90. The Morgan fingerprint density at radius 1 is 1.67 bits per heavy atom. The first-order valence-corrected chi connectivity index (χ1v) is 1.83. The van der Waals surface area contributed by atoms with Crippen molar-refractivity contribution in [2.45, 2.75) is 0 Å². The molecule has 1 aliphatic rings. The largest absolute Gasteiger partial charge is 0.282 e. The first kappa shape index (κ1) is 3.59. The van der Waals surface area contributed by atoms with Crippen molar-refractivity contribution in [2.75, 3.05) is 6.44 Å². The third-order valence-electron chi connectivity index (χ3n) is 0.551. The maximum Gasteiger partial charge on any atom is 0.195 e. The molecule has 0 unspecified atom stereocenters. The Morgan fingerprint density at radius 2 is 2.67 bits per heavy atom. The highest BCUT2D eigenvalue weighted by Gasteiger charge is 1.82. The lowest BCUT2D eigenvalue weighted by molar-refractivity contribution is 1.35. The molecule has 0 bridgehead atoms. The second kappa shape index (κ2) is 1.75. The first-order chi connectivity index (χ1) is 3.00. The predicted molar refractivity (Wildman–Crippen MR) is 27.6 cm³/mol. The van der Waals surface area contributed by atoms with Crippen molar-refractivity contribution < 1.29 is 0 Å².